The second kappa shape index (κ2) is 4.65. The minimum atomic E-state index is -0.0590. The predicted molar refractivity (Wildman–Crippen MR) is 61.8 cm³/mol. The Balaban J connectivity index is 2.31. The summed E-state index contributed by atoms with van der Waals surface area (Å²) in [5.41, 5.74) is 1.98. The van der Waals surface area contributed by atoms with E-state index in [1.54, 1.807) is 6.07 Å². The Labute approximate surface area is 90.9 Å². The molecule has 2 heteroatoms. The van der Waals surface area contributed by atoms with Crippen LogP contribution in [-0.4, -0.2) is 13.1 Å². The molecule has 1 nitrogen and oxygen atoms in total. The number of halogens is 1. The third-order valence-electron chi connectivity index (χ3n) is 3.12. The van der Waals surface area contributed by atoms with Crippen LogP contribution in [0.25, 0.3) is 0 Å². The fourth-order valence-electron chi connectivity index (χ4n) is 2.32. The van der Waals surface area contributed by atoms with Crippen LogP contribution in [0.3, 0.4) is 0 Å². The molecule has 15 heavy (non-hydrogen) atoms. The van der Waals surface area contributed by atoms with Gasteiger partial charge in [0.15, 0.2) is 0 Å². The van der Waals surface area contributed by atoms with Crippen molar-refractivity contribution in [3.05, 3.63) is 29.6 Å². The van der Waals surface area contributed by atoms with Crippen LogP contribution < -0.4 is 4.90 Å². The SMILES string of the molecule is CCc1cccc(F)c1N1CCCCC1. The molecule has 0 aliphatic carbocycles. The molecule has 1 aliphatic heterocycles. The van der Waals surface area contributed by atoms with Gasteiger partial charge in [0.2, 0.25) is 0 Å². The molecule has 0 unspecified atom stereocenters. The standard InChI is InChI=1S/C13H18FN/c1-2-11-7-6-8-12(14)13(11)15-9-4-3-5-10-15/h6-8H,2-5,9-10H2,1H3. The van der Waals surface area contributed by atoms with Gasteiger partial charge < -0.3 is 4.90 Å². The third kappa shape index (κ3) is 2.14. The Morgan fingerprint density at radius 1 is 1.20 bits per heavy atom. The highest BCUT2D eigenvalue weighted by Crippen LogP contribution is 2.27. The fourth-order valence-corrected chi connectivity index (χ4v) is 2.32. The lowest BCUT2D eigenvalue weighted by atomic mass is 10.1. The van der Waals surface area contributed by atoms with Gasteiger partial charge in [-0.3, -0.25) is 0 Å². The molecule has 1 aromatic rings. The van der Waals surface area contributed by atoms with Crippen LogP contribution in [0.5, 0.6) is 0 Å². The van der Waals surface area contributed by atoms with E-state index >= 15 is 0 Å². The molecule has 0 N–H and O–H groups in total. The number of benzene rings is 1. The lowest BCUT2D eigenvalue weighted by Gasteiger charge is -2.30. The summed E-state index contributed by atoms with van der Waals surface area (Å²) in [4.78, 5) is 2.21. The summed E-state index contributed by atoms with van der Waals surface area (Å²) < 4.78 is 13.8. The number of hydrogen-bond donors (Lipinski definition) is 0. The highest BCUT2D eigenvalue weighted by atomic mass is 19.1. The second-order valence-electron chi connectivity index (χ2n) is 4.15. The van der Waals surface area contributed by atoms with Gasteiger partial charge in [0.05, 0.1) is 5.69 Å². The zero-order valence-corrected chi connectivity index (χ0v) is 9.30. The summed E-state index contributed by atoms with van der Waals surface area (Å²) >= 11 is 0. The highest BCUT2D eigenvalue weighted by molar-refractivity contribution is 5.55. The molecule has 1 aromatic carbocycles. The van der Waals surface area contributed by atoms with E-state index in [2.05, 4.69) is 11.8 Å². The highest BCUT2D eigenvalue weighted by Gasteiger charge is 2.17. The van der Waals surface area contributed by atoms with Crippen molar-refractivity contribution in [1.82, 2.24) is 0 Å². The Morgan fingerprint density at radius 2 is 1.93 bits per heavy atom. The molecule has 0 aromatic heterocycles. The topological polar surface area (TPSA) is 3.24 Å². The van der Waals surface area contributed by atoms with Crippen LogP contribution in [0.4, 0.5) is 10.1 Å². The van der Waals surface area contributed by atoms with E-state index in [0.29, 0.717) is 0 Å². The van der Waals surface area contributed by atoms with Crippen LogP contribution in [0.15, 0.2) is 18.2 Å². The Bertz CT molecular complexity index is 329. The van der Waals surface area contributed by atoms with Gasteiger partial charge in [-0.25, -0.2) is 4.39 Å². The zero-order valence-electron chi connectivity index (χ0n) is 9.30. The molecule has 82 valence electrons. The van der Waals surface area contributed by atoms with Crippen molar-refractivity contribution in [2.24, 2.45) is 0 Å². The number of rotatable bonds is 2. The molecule has 0 saturated carbocycles. The fraction of sp³-hybridized carbons (Fsp3) is 0.538. The monoisotopic (exact) mass is 207 g/mol. The van der Waals surface area contributed by atoms with Gasteiger partial charge in [-0.2, -0.15) is 0 Å². The molecule has 0 atom stereocenters. The maximum atomic E-state index is 13.8. The maximum Gasteiger partial charge on any atom is 0.146 e. The Kier molecular flexibility index (Phi) is 3.24. The van der Waals surface area contributed by atoms with E-state index in [0.717, 1.165) is 30.8 Å². The normalized spacial score (nSPS) is 16.8. The summed E-state index contributed by atoms with van der Waals surface area (Å²) in [6.07, 6.45) is 4.57. The van der Waals surface area contributed by atoms with Gasteiger partial charge in [0.25, 0.3) is 0 Å². The van der Waals surface area contributed by atoms with Gasteiger partial charge in [-0.05, 0) is 37.3 Å². The quantitative estimate of drug-likeness (QED) is 0.718. The van der Waals surface area contributed by atoms with Gasteiger partial charge in [0.1, 0.15) is 5.82 Å². The van der Waals surface area contributed by atoms with E-state index in [1.165, 1.54) is 19.3 Å². The number of hydrogen-bond acceptors (Lipinski definition) is 1. The number of aryl methyl sites for hydroxylation is 1. The van der Waals surface area contributed by atoms with Crippen LogP contribution >= 0.6 is 0 Å². The summed E-state index contributed by atoms with van der Waals surface area (Å²) in [6, 6.07) is 5.41. The van der Waals surface area contributed by atoms with Gasteiger partial charge in [-0.1, -0.05) is 19.1 Å². The van der Waals surface area contributed by atoms with Crippen LogP contribution in [-0.2, 0) is 6.42 Å². The number of para-hydroxylation sites is 1. The summed E-state index contributed by atoms with van der Waals surface area (Å²) in [7, 11) is 0. The summed E-state index contributed by atoms with van der Waals surface area (Å²) in [5.74, 6) is -0.0590. The maximum absolute atomic E-state index is 13.8. The van der Waals surface area contributed by atoms with Crippen molar-refractivity contribution in [2.45, 2.75) is 32.6 Å². The average molecular weight is 207 g/mol. The first-order valence-electron chi connectivity index (χ1n) is 5.85. The van der Waals surface area contributed by atoms with Crippen molar-refractivity contribution < 1.29 is 4.39 Å². The van der Waals surface area contributed by atoms with E-state index in [-0.39, 0.29) is 5.82 Å². The molecule has 0 radical (unpaired) electrons. The Hall–Kier alpha value is -1.05. The number of piperidine rings is 1. The van der Waals surface area contributed by atoms with Gasteiger partial charge in [-0.15, -0.1) is 0 Å². The molecule has 1 fully saturated rings. The summed E-state index contributed by atoms with van der Waals surface area (Å²) in [5, 5.41) is 0. The molecule has 0 bridgehead atoms. The molecule has 1 aliphatic rings. The van der Waals surface area contributed by atoms with Crippen LogP contribution in [0.2, 0.25) is 0 Å². The van der Waals surface area contributed by atoms with E-state index < -0.39 is 0 Å². The molecule has 1 saturated heterocycles. The van der Waals surface area contributed by atoms with Crippen molar-refractivity contribution in [3.63, 3.8) is 0 Å². The van der Waals surface area contributed by atoms with Crippen molar-refractivity contribution in [1.29, 1.82) is 0 Å². The van der Waals surface area contributed by atoms with E-state index in [9.17, 15) is 4.39 Å². The lowest BCUT2D eigenvalue weighted by Crippen LogP contribution is -2.31. The first kappa shape index (κ1) is 10.5. The van der Waals surface area contributed by atoms with Crippen molar-refractivity contribution >= 4 is 5.69 Å². The van der Waals surface area contributed by atoms with Crippen LogP contribution in [0, 0.1) is 5.82 Å². The minimum absolute atomic E-state index is 0.0590. The summed E-state index contributed by atoms with van der Waals surface area (Å²) in [6.45, 7) is 4.10. The van der Waals surface area contributed by atoms with Gasteiger partial charge >= 0.3 is 0 Å². The molecule has 2 rings (SSSR count). The number of nitrogens with zero attached hydrogens (tertiary/aromatic N) is 1. The Morgan fingerprint density at radius 3 is 2.60 bits per heavy atom. The average Bonchev–Trinajstić information content (AvgIpc) is 2.29. The predicted octanol–water partition coefficient (Wildman–Crippen LogP) is 3.38. The largest absolute Gasteiger partial charge is 0.369 e. The van der Waals surface area contributed by atoms with Gasteiger partial charge in [0, 0.05) is 13.1 Å². The minimum Gasteiger partial charge on any atom is -0.369 e. The lowest BCUT2D eigenvalue weighted by molar-refractivity contribution is 0.555. The molecular weight excluding hydrogens is 189 g/mol. The molecular formula is C13H18FN. The first-order valence-corrected chi connectivity index (χ1v) is 5.85. The van der Waals surface area contributed by atoms with Crippen molar-refractivity contribution in [3.8, 4) is 0 Å². The molecule has 0 amide bonds. The zero-order chi connectivity index (χ0) is 10.7. The van der Waals surface area contributed by atoms with Crippen molar-refractivity contribution in [2.75, 3.05) is 18.0 Å². The second-order valence-corrected chi connectivity index (χ2v) is 4.15. The molecule has 0 spiro atoms. The van der Waals surface area contributed by atoms with Crippen LogP contribution in [0.1, 0.15) is 31.7 Å². The smallest absolute Gasteiger partial charge is 0.146 e. The number of anilines is 1. The van der Waals surface area contributed by atoms with E-state index in [1.807, 2.05) is 12.1 Å². The third-order valence-corrected chi connectivity index (χ3v) is 3.12. The first-order chi connectivity index (χ1) is 7.33. The van der Waals surface area contributed by atoms with E-state index in [4.69, 9.17) is 0 Å². The molecule has 1 heterocycles.